The average molecular weight is 452 g/mol. The molecule has 5 rings (SSSR count). The van der Waals surface area contributed by atoms with Gasteiger partial charge in [0.25, 0.3) is 0 Å². The Morgan fingerprint density at radius 3 is 2.77 bits per heavy atom. The molecule has 4 heterocycles. The molecular weight excluding hydrogens is 425 g/mol. The molecule has 7 nitrogen and oxygen atoms in total. The standard InChI is InChI=1S/C22H27ClFN3O4/c1-22(24)12-27(13-22)17-3-2-4-19(20(17)23)31-16-9-26(10-16)21(29)25-6-5-18-14(8-25)7-15(28)11-30-18/h2-4,14,16,18H,5-13H2,1H3/t14-,18+/m1/s1. The van der Waals surface area contributed by atoms with Gasteiger partial charge in [-0.05, 0) is 25.5 Å². The van der Waals surface area contributed by atoms with Crippen molar-refractivity contribution in [1.82, 2.24) is 9.80 Å². The van der Waals surface area contributed by atoms with Crippen LogP contribution in [0.1, 0.15) is 19.8 Å². The van der Waals surface area contributed by atoms with Crippen LogP contribution in [0.4, 0.5) is 14.9 Å². The molecule has 0 saturated carbocycles. The Kier molecular flexibility index (Phi) is 5.25. The third-order valence-corrected chi connectivity index (χ3v) is 7.00. The Hall–Kier alpha value is -2.06. The van der Waals surface area contributed by atoms with Crippen molar-refractivity contribution >= 4 is 29.1 Å². The molecule has 9 heteroatoms. The second-order valence-corrected chi connectivity index (χ2v) is 9.75. The van der Waals surface area contributed by atoms with Gasteiger partial charge in [0, 0.05) is 25.4 Å². The van der Waals surface area contributed by atoms with Gasteiger partial charge in [0.15, 0.2) is 5.78 Å². The molecule has 4 aliphatic heterocycles. The maximum atomic E-state index is 13.8. The summed E-state index contributed by atoms with van der Waals surface area (Å²) < 4.78 is 25.5. The van der Waals surface area contributed by atoms with Gasteiger partial charge in [-0.2, -0.15) is 0 Å². The van der Waals surface area contributed by atoms with Crippen LogP contribution in [0.25, 0.3) is 0 Å². The number of halogens is 2. The highest BCUT2D eigenvalue weighted by atomic mass is 35.5. The molecule has 4 saturated heterocycles. The van der Waals surface area contributed by atoms with E-state index in [1.54, 1.807) is 17.9 Å². The predicted octanol–water partition coefficient (Wildman–Crippen LogP) is 2.75. The molecule has 2 atom stereocenters. The Bertz CT molecular complexity index is 884. The van der Waals surface area contributed by atoms with E-state index in [4.69, 9.17) is 21.1 Å². The number of benzene rings is 1. The molecule has 0 N–H and O–H groups in total. The molecule has 2 amide bonds. The molecule has 1 aromatic rings. The van der Waals surface area contributed by atoms with Gasteiger partial charge in [-0.1, -0.05) is 17.7 Å². The van der Waals surface area contributed by atoms with Gasteiger partial charge in [0.1, 0.15) is 29.2 Å². The maximum Gasteiger partial charge on any atom is 0.320 e. The van der Waals surface area contributed by atoms with E-state index in [2.05, 4.69) is 0 Å². The molecular formula is C22H27ClFN3O4. The van der Waals surface area contributed by atoms with Crippen LogP contribution in [-0.2, 0) is 9.53 Å². The number of hydrogen-bond donors (Lipinski definition) is 0. The number of Topliss-reactive ketones (excluding diaryl/α,β-unsaturated/α-hetero) is 1. The molecule has 4 aliphatic rings. The van der Waals surface area contributed by atoms with Crippen LogP contribution in [-0.4, -0.2) is 85.4 Å². The number of urea groups is 1. The second kappa shape index (κ2) is 7.81. The Labute approximate surface area is 186 Å². The summed E-state index contributed by atoms with van der Waals surface area (Å²) in [5.74, 6) is 0.769. The summed E-state index contributed by atoms with van der Waals surface area (Å²) in [6.45, 7) is 4.61. The van der Waals surface area contributed by atoms with Crippen molar-refractivity contribution in [1.29, 1.82) is 0 Å². The van der Waals surface area contributed by atoms with Gasteiger partial charge in [-0.15, -0.1) is 0 Å². The maximum absolute atomic E-state index is 13.8. The molecule has 0 aromatic heterocycles. The Balaban J connectivity index is 1.14. The van der Waals surface area contributed by atoms with Crippen LogP contribution in [0, 0.1) is 5.92 Å². The van der Waals surface area contributed by atoms with Crippen LogP contribution >= 0.6 is 11.6 Å². The molecule has 168 valence electrons. The van der Waals surface area contributed by atoms with Crippen molar-refractivity contribution in [3.8, 4) is 5.75 Å². The molecule has 0 radical (unpaired) electrons. The van der Waals surface area contributed by atoms with Gasteiger partial charge in [0.05, 0.1) is 38.0 Å². The fourth-order valence-electron chi connectivity index (χ4n) is 4.95. The largest absolute Gasteiger partial charge is 0.485 e. The van der Waals surface area contributed by atoms with Crippen molar-refractivity contribution < 1.29 is 23.5 Å². The van der Waals surface area contributed by atoms with E-state index in [1.165, 1.54) is 0 Å². The minimum atomic E-state index is -1.18. The number of alkyl halides is 1. The average Bonchev–Trinajstić information content (AvgIpc) is 2.68. The summed E-state index contributed by atoms with van der Waals surface area (Å²) in [6.07, 6.45) is 1.23. The highest BCUT2D eigenvalue weighted by Gasteiger charge is 2.42. The van der Waals surface area contributed by atoms with Crippen molar-refractivity contribution in [3.05, 3.63) is 23.2 Å². The van der Waals surface area contributed by atoms with Crippen molar-refractivity contribution in [3.63, 3.8) is 0 Å². The van der Waals surface area contributed by atoms with E-state index >= 15 is 0 Å². The number of likely N-dealkylation sites (tertiary alicyclic amines) is 2. The number of ether oxygens (including phenoxy) is 2. The quantitative estimate of drug-likeness (QED) is 0.707. The normalized spacial score (nSPS) is 28.0. The third kappa shape index (κ3) is 4.07. The molecule has 0 unspecified atom stereocenters. The fraction of sp³-hybridized carbons (Fsp3) is 0.636. The van der Waals surface area contributed by atoms with Crippen LogP contribution in [0.2, 0.25) is 5.02 Å². The second-order valence-electron chi connectivity index (χ2n) is 9.37. The number of anilines is 1. The van der Waals surface area contributed by atoms with E-state index in [9.17, 15) is 14.0 Å². The lowest BCUT2D eigenvalue weighted by atomic mass is 9.88. The summed E-state index contributed by atoms with van der Waals surface area (Å²) in [5.41, 5.74) is -0.408. The van der Waals surface area contributed by atoms with Crippen LogP contribution < -0.4 is 9.64 Å². The van der Waals surface area contributed by atoms with Gasteiger partial charge in [0.2, 0.25) is 0 Å². The molecule has 0 spiro atoms. The van der Waals surface area contributed by atoms with Crippen LogP contribution in [0.5, 0.6) is 5.75 Å². The van der Waals surface area contributed by atoms with E-state index in [-0.39, 0.29) is 36.5 Å². The number of fused-ring (bicyclic) bond motifs is 1. The van der Waals surface area contributed by atoms with Gasteiger partial charge < -0.3 is 24.2 Å². The minimum absolute atomic E-state index is 0.0148. The molecule has 0 aliphatic carbocycles. The first kappa shape index (κ1) is 20.8. The number of carbonyl (C=O) groups excluding carboxylic acids is 2. The number of rotatable bonds is 3. The summed E-state index contributed by atoms with van der Waals surface area (Å²) in [6, 6.07) is 5.50. The predicted molar refractivity (Wildman–Crippen MR) is 114 cm³/mol. The summed E-state index contributed by atoms with van der Waals surface area (Å²) in [5, 5.41) is 0.479. The monoisotopic (exact) mass is 451 g/mol. The smallest absolute Gasteiger partial charge is 0.320 e. The van der Waals surface area contributed by atoms with Crippen LogP contribution in [0.15, 0.2) is 18.2 Å². The first-order valence-corrected chi connectivity index (χ1v) is 11.2. The molecule has 0 bridgehead atoms. The van der Waals surface area contributed by atoms with Crippen molar-refractivity contribution in [2.75, 3.05) is 50.8 Å². The SMILES string of the molecule is CC1(F)CN(c2cccc(OC3CN(C(=O)N4CC[C@@H]5OCC(=O)C[C@@H]5C4)C3)c2Cl)C1. The lowest BCUT2D eigenvalue weighted by molar-refractivity contribution is -0.140. The van der Waals surface area contributed by atoms with Crippen LogP contribution in [0.3, 0.4) is 0 Å². The minimum Gasteiger partial charge on any atom is -0.485 e. The first-order chi connectivity index (χ1) is 14.8. The number of piperidine rings is 1. The number of ketones is 1. The van der Waals surface area contributed by atoms with E-state index in [0.29, 0.717) is 56.5 Å². The zero-order chi connectivity index (χ0) is 21.8. The zero-order valence-corrected chi connectivity index (χ0v) is 18.3. The highest BCUT2D eigenvalue weighted by Crippen LogP contribution is 2.40. The topological polar surface area (TPSA) is 62.3 Å². The summed E-state index contributed by atoms with van der Waals surface area (Å²) in [4.78, 5) is 30.0. The summed E-state index contributed by atoms with van der Waals surface area (Å²) >= 11 is 6.51. The van der Waals surface area contributed by atoms with Gasteiger partial charge in [-0.3, -0.25) is 4.79 Å². The molecule has 4 fully saturated rings. The Morgan fingerprint density at radius 2 is 2.03 bits per heavy atom. The van der Waals surface area contributed by atoms with Crippen molar-refractivity contribution in [2.24, 2.45) is 5.92 Å². The molecule has 1 aromatic carbocycles. The Morgan fingerprint density at radius 1 is 1.26 bits per heavy atom. The number of amides is 2. The lowest BCUT2D eigenvalue weighted by Gasteiger charge is -2.46. The zero-order valence-electron chi connectivity index (χ0n) is 17.6. The third-order valence-electron chi connectivity index (χ3n) is 6.62. The van der Waals surface area contributed by atoms with E-state index in [1.807, 2.05) is 21.9 Å². The highest BCUT2D eigenvalue weighted by molar-refractivity contribution is 6.34. The first-order valence-electron chi connectivity index (χ1n) is 10.9. The number of carbonyl (C=O) groups is 2. The van der Waals surface area contributed by atoms with Crippen molar-refractivity contribution in [2.45, 2.75) is 37.6 Å². The van der Waals surface area contributed by atoms with Gasteiger partial charge in [-0.25, -0.2) is 9.18 Å². The van der Waals surface area contributed by atoms with E-state index in [0.717, 1.165) is 12.1 Å². The summed E-state index contributed by atoms with van der Waals surface area (Å²) in [7, 11) is 0. The lowest BCUT2D eigenvalue weighted by Crippen LogP contribution is -2.61. The van der Waals surface area contributed by atoms with E-state index < -0.39 is 5.67 Å². The van der Waals surface area contributed by atoms with Gasteiger partial charge >= 0.3 is 6.03 Å². The fourth-order valence-corrected chi connectivity index (χ4v) is 5.24. The number of nitrogens with zero attached hydrogens (tertiary/aromatic N) is 3. The molecule has 31 heavy (non-hydrogen) atoms. The number of hydrogen-bond acceptors (Lipinski definition) is 5.